The van der Waals surface area contributed by atoms with Gasteiger partial charge in [-0.15, -0.1) is 24.8 Å². The Morgan fingerprint density at radius 2 is 2.00 bits per heavy atom. The molecule has 1 amide bonds. The Labute approximate surface area is 125 Å². The van der Waals surface area contributed by atoms with E-state index in [1.165, 1.54) is 6.92 Å². The van der Waals surface area contributed by atoms with Crippen LogP contribution in [0.3, 0.4) is 0 Å². The van der Waals surface area contributed by atoms with E-state index in [1.54, 1.807) is 6.20 Å². The third kappa shape index (κ3) is 6.09. The molecule has 108 valence electrons. The Kier molecular flexibility index (Phi) is 8.47. The number of rotatable bonds is 3. The lowest BCUT2D eigenvalue weighted by Gasteiger charge is -2.24. The van der Waals surface area contributed by atoms with Gasteiger partial charge in [0.25, 0.3) is 0 Å². The van der Waals surface area contributed by atoms with Gasteiger partial charge in [-0.3, -0.25) is 4.79 Å². The Bertz CT molecular complexity index is 380. The van der Waals surface area contributed by atoms with Crippen molar-refractivity contribution in [2.45, 2.75) is 25.8 Å². The van der Waals surface area contributed by atoms with Crippen molar-refractivity contribution in [1.29, 1.82) is 0 Å². The van der Waals surface area contributed by atoms with Crippen LogP contribution >= 0.6 is 24.8 Å². The summed E-state index contributed by atoms with van der Waals surface area (Å²) >= 11 is 0. The van der Waals surface area contributed by atoms with Gasteiger partial charge in [0.2, 0.25) is 5.91 Å². The molecule has 1 aromatic heterocycles. The number of carbonyl (C=O) groups is 1. The summed E-state index contributed by atoms with van der Waals surface area (Å²) in [6, 6.07) is 4.27. The topological polar surface area (TPSA) is 66.1 Å². The molecule has 0 aliphatic carbocycles. The Morgan fingerprint density at radius 3 is 2.53 bits per heavy atom. The van der Waals surface area contributed by atoms with Crippen molar-refractivity contribution in [2.75, 3.05) is 23.7 Å². The minimum atomic E-state index is -0.100. The average Bonchev–Trinajstić information content (AvgIpc) is 2.32. The van der Waals surface area contributed by atoms with E-state index in [4.69, 9.17) is 0 Å². The maximum atomic E-state index is 10.8. The molecule has 0 saturated carbocycles. The van der Waals surface area contributed by atoms with Crippen LogP contribution in [0.5, 0.6) is 0 Å². The summed E-state index contributed by atoms with van der Waals surface area (Å²) in [4.78, 5) is 15.0. The molecule has 0 atom stereocenters. The second kappa shape index (κ2) is 8.96. The fourth-order valence-corrected chi connectivity index (χ4v) is 1.94. The third-order valence-corrected chi connectivity index (χ3v) is 2.78. The molecule has 1 saturated heterocycles. The second-order valence-corrected chi connectivity index (χ2v) is 4.28. The summed E-state index contributed by atoms with van der Waals surface area (Å²) in [6.45, 7) is 3.60. The highest BCUT2D eigenvalue weighted by Gasteiger charge is 2.12. The zero-order valence-electron chi connectivity index (χ0n) is 10.8. The lowest BCUT2D eigenvalue weighted by molar-refractivity contribution is -0.114. The maximum absolute atomic E-state index is 10.8. The average molecular weight is 307 g/mol. The van der Waals surface area contributed by atoms with Gasteiger partial charge in [0.1, 0.15) is 5.82 Å². The van der Waals surface area contributed by atoms with Gasteiger partial charge >= 0.3 is 0 Å². The van der Waals surface area contributed by atoms with Gasteiger partial charge in [-0.05, 0) is 38.1 Å². The molecule has 1 aromatic rings. The Morgan fingerprint density at radius 1 is 1.32 bits per heavy atom. The maximum Gasteiger partial charge on any atom is 0.222 e. The summed E-state index contributed by atoms with van der Waals surface area (Å²) in [5.74, 6) is 0.491. The van der Waals surface area contributed by atoms with Crippen LogP contribution in [0.25, 0.3) is 0 Å². The first kappa shape index (κ1) is 18.0. The molecule has 7 heteroatoms. The van der Waals surface area contributed by atoms with Gasteiger partial charge in [-0.1, -0.05) is 0 Å². The van der Waals surface area contributed by atoms with E-state index in [0.29, 0.717) is 11.9 Å². The number of carbonyl (C=O) groups excluding carboxylic acids is 1. The fourth-order valence-electron chi connectivity index (χ4n) is 1.94. The SMILES string of the molecule is CC(=O)Nc1ccc(NC2CCNCC2)cn1.Cl.Cl. The smallest absolute Gasteiger partial charge is 0.222 e. The van der Waals surface area contributed by atoms with E-state index >= 15 is 0 Å². The van der Waals surface area contributed by atoms with Crippen LogP contribution in [0.1, 0.15) is 19.8 Å². The molecule has 1 aliphatic rings. The largest absolute Gasteiger partial charge is 0.381 e. The van der Waals surface area contributed by atoms with Gasteiger partial charge in [0.15, 0.2) is 0 Å². The second-order valence-electron chi connectivity index (χ2n) is 4.28. The van der Waals surface area contributed by atoms with E-state index in [0.717, 1.165) is 31.6 Å². The standard InChI is InChI=1S/C12H18N4O.2ClH/c1-9(17)15-12-3-2-11(8-14-12)16-10-4-6-13-7-5-10;;/h2-3,8,10,13,16H,4-7H2,1H3,(H,14,15,17);2*1H. The van der Waals surface area contributed by atoms with Crippen LogP contribution in [-0.4, -0.2) is 30.0 Å². The molecule has 0 bridgehead atoms. The Hall–Kier alpha value is -1.04. The molecule has 1 aliphatic heterocycles. The first-order valence-electron chi connectivity index (χ1n) is 5.95. The zero-order valence-corrected chi connectivity index (χ0v) is 12.4. The monoisotopic (exact) mass is 306 g/mol. The van der Waals surface area contributed by atoms with Gasteiger partial charge in [0.05, 0.1) is 11.9 Å². The normalized spacial score (nSPS) is 14.8. The van der Waals surface area contributed by atoms with Crippen molar-refractivity contribution in [3.8, 4) is 0 Å². The number of hydrogen-bond acceptors (Lipinski definition) is 4. The van der Waals surface area contributed by atoms with Crippen molar-refractivity contribution in [1.82, 2.24) is 10.3 Å². The number of nitrogens with one attached hydrogen (secondary N) is 3. The molecule has 19 heavy (non-hydrogen) atoms. The molecule has 2 rings (SSSR count). The number of amides is 1. The van der Waals surface area contributed by atoms with Crippen LogP contribution in [-0.2, 0) is 4.79 Å². The lowest BCUT2D eigenvalue weighted by Crippen LogP contribution is -2.35. The summed E-state index contributed by atoms with van der Waals surface area (Å²) in [7, 11) is 0. The minimum absolute atomic E-state index is 0. The summed E-state index contributed by atoms with van der Waals surface area (Å²) in [5.41, 5.74) is 1.01. The van der Waals surface area contributed by atoms with Crippen LogP contribution < -0.4 is 16.0 Å². The van der Waals surface area contributed by atoms with E-state index in [2.05, 4.69) is 20.9 Å². The van der Waals surface area contributed by atoms with Crippen molar-refractivity contribution >= 4 is 42.2 Å². The van der Waals surface area contributed by atoms with Crippen LogP contribution in [0.2, 0.25) is 0 Å². The van der Waals surface area contributed by atoms with Crippen molar-refractivity contribution in [3.05, 3.63) is 18.3 Å². The number of aromatic nitrogens is 1. The molecule has 3 N–H and O–H groups in total. The predicted molar refractivity (Wildman–Crippen MR) is 82.6 cm³/mol. The summed E-state index contributed by atoms with van der Waals surface area (Å²) in [5, 5.41) is 9.42. The molecule has 1 fully saturated rings. The van der Waals surface area contributed by atoms with Crippen LogP contribution in [0, 0.1) is 0 Å². The van der Waals surface area contributed by atoms with E-state index in [1.807, 2.05) is 12.1 Å². The highest BCUT2D eigenvalue weighted by atomic mass is 35.5. The lowest BCUT2D eigenvalue weighted by atomic mass is 10.1. The molecule has 0 unspecified atom stereocenters. The quantitative estimate of drug-likeness (QED) is 0.799. The Balaban J connectivity index is 0.00000162. The molecule has 0 radical (unpaired) electrons. The molecule has 0 aromatic carbocycles. The molecule has 2 heterocycles. The predicted octanol–water partition coefficient (Wildman–Crippen LogP) is 2.05. The molecule has 0 spiro atoms. The van der Waals surface area contributed by atoms with E-state index in [9.17, 15) is 4.79 Å². The molecule has 5 nitrogen and oxygen atoms in total. The van der Waals surface area contributed by atoms with Gasteiger partial charge in [-0.2, -0.15) is 0 Å². The summed E-state index contributed by atoms with van der Waals surface area (Å²) < 4.78 is 0. The van der Waals surface area contributed by atoms with Gasteiger partial charge < -0.3 is 16.0 Å². The number of pyridine rings is 1. The third-order valence-electron chi connectivity index (χ3n) is 2.78. The van der Waals surface area contributed by atoms with E-state index in [-0.39, 0.29) is 30.7 Å². The summed E-state index contributed by atoms with van der Waals surface area (Å²) in [6.07, 6.45) is 4.02. The minimum Gasteiger partial charge on any atom is -0.381 e. The van der Waals surface area contributed by atoms with Gasteiger partial charge in [-0.25, -0.2) is 4.98 Å². The van der Waals surface area contributed by atoms with Gasteiger partial charge in [0, 0.05) is 13.0 Å². The first-order valence-corrected chi connectivity index (χ1v) is 5.95. The fraction of sp³-hybridized carbons (Fsp3) is 0.500. The van der Waals surface area contributed by atoms with Crippen molar-refractivity contribution in [2.24, 2.45) is 0 Å². The number of nitrogens with zero attached hydrogens (tertiary/aromatic N) is 1. The number of anilines is 2. The highest BCUT2D eigenvalue weighted by Crippen LogP contribution is 2.14. The van der Waals surface area contributed by atoms with Crippen LogP contribution in [0.4, 0.5) is 11.5 Å². The molecular formula is C12H20Cl2N4O. The molecular weight excluding hydrogens is 287 g/mol. The van der Waals surface area contributed by atoms with Crippen molar-refractivity contribution in [3.63, 3.8) is 0 Å². The van der Waals surface area contributed by atoms with Crippen molar-refractivity contribution < 1.29 is 4.79 Å². The highest BCUT2D eigenvalue weighted by molar-refractivity contribution is 5.87. The number of halogens is 2. The first-order chi connectivity index (χ1) is 8.24. The van der Waals surface area contributed by atoms with E-state index < -0.39 is 0 Å². The zero-order chi connectivity index (χ0) is 12.1. The number of hydrogen-bond donors (Lipinski definition) is 3. The number of piperidine rings is 1. The van der Waals surface area contributed by atoms with Crippen LogP contribution in [0.15, 0.2) is 18.3 Å².